The van der Waals surface area contributed by atoms with Gasteiger partial charge in [-0.1, -0.05) is 29.3 Å². The van der Waals surface area contributed by atoms with Crippen molar-refractivity contribution >= 4 is 61.4 Å². The fourth-order valence-electron chi connectivity index (χ4n) is 4.62. The van der Waals surface area contributed by atoms with Crippen LogP contribution in [0.25, 0.3) is 0 Å². The summed E-state index contributed by atoms with van der Waals surface area (Å²) in [5.41, 5.74) is 1.89. The van der Waals surface area contributed by atoms with Gasteiger partial charge in [0.25, 0.3) is 0 Å². The molecule has 1 aromatic carbocycles. The Morgan fingerprint density at radius 3 is 2.71 bits per heavy atom. The molecule has 190 valence electrons. The molecule has 1 N–H and O–H groups in total. The van der Waals surface area contributed by atoms with Gasteiger partial charge >= 0.3 is 5.97 Å². The number of benzene rings is 1. The van der Waals surface area contributed by atoms with Crippen LogP contribution in [0.5, 0.6) is 0 Å². The summed E-state index contributed by atoms with van der Waals surface area (Å²) >= 11 is 13.5. The Kier molecular flexibility index (Phi) is 8.43. The summed E-state index contributed by atoms with van der Waals surface area (Å²) < 4.78 is 32.8. The second kappa shape index (κ2) is 11.2. The number of ether oxygens (including phenoxy) is 1. The first kappa shape index (κ1) is 26.4. The number of halogens is 2. The molecule has 1 amide bonds. The summed E-state index contributed by atoms with van der Waals surface area (Å²) in [5.74, 6) is -1.48. The van der Waals surface area contributed by atoms with Gasteiger partial charge in [0, 0.05) is 28.0 Å². The number of carbonyl (C=O) groups excluding carboxylic acids is 2. The molecule has 1 atom stereocenters. The van der Waals surface area contributed by atoms with Crippen LogP contribution in [0.4, 0.5) is 5.00 Å². The number of esters is 1. The number of fused-ring (bicyclic) bond motifs is 1. The van der Waals surface area contributed by atoms with E-state index in [-0.39, 0.29) is 24.8 Å². The third-order valence-electron chi connectivity index (χ3n) is 6.39. The van der Waals surface area contributed by atoms with Crippen molar-refractivity contribution < 1.29 is 22.7 Å². The van der Waals surface area contributed by atoms with Crippen molar-refractivity contribution in [3.05, 3.63) is 49.8 Å². The Morgan fingerprint density at radius 1 is 1.20 bits per heavy atom. The smallest absolute Gasteiger partial charge is 0.341 e. The Morgan fingerprint density at radius 2 is 1.97 bits per heavy atom. The molecule has 2 aliphatic rings. The highest BCUT2D eigenvalue weighted by atomic mass is 35.5. The van der Waals surface area contributed by atoms with Crippen LogP contribution in [0.1, 0.15) is 59.0 Å². The first-order valence-corrected chi connectivity index (χ1v) is 14.9. The highest BCUT2D eigenvalue weighted by molar-refractivity contribution is 7.88. The van der Waals surface area contributed by atoms with Crippen molar-refractivity contribution in [2.24, 2.45) is 5.92 Å². The summed E-state index contributed by atoms with van der Waals surface area (Å²) in [4.78, 5) is 27.0. The van der Waals surface area contributed by atoms with Crippen molar-refractivity contribution in [3.63, 3.8) is 0 Å². The topological polar surface area (TPSA) is 92.8 Å². The molecule has 2 heterocycles. The van der Waals surface area contributed by atoms with Crippen molar-refractivity contribution in [1.82, 2.24) is 4.31 Å². The molecular weight excluding hydrogens is 531 g/mol. The molecule has 4 rings (SSSR count). The molecule has 1 fully saturated rings. The summed E-state index contributed by atoms with van der Waals surface area (Å²) in [6.45, 7) is 2.44. The molecule has 35 heavy (non-hydrogen) atoms. The number of anilines is 1. The van der Waals surface area contributed by atoms with Crippen molar-refractivity contribution in [1.29, 1.82) is 0 Å². The van der Waals surface area contributed by atoms with Crippen LogP contribution in [0.2, 0.25) is 10.0 Å². The van der Waals surface area contributed by atoms with E-state index in [1.54, 1.807) is 19.1 Å². The third kappa shape index (κ3) is 6.02. The number of piperidine rings is 1. The van der Waals surface area contributed by atoms with E-state index in [0.717, 1.165) is 36.1 Å². The number of rotatable bonds is 7. The molecule has 0 radical (unpaired) electrons. The van der Waals surface area contributed by atoms with Crippen molar-refractivity contribution in [3.8, 4) is 0 Å². The summed E-state index contributed by atoms with van der Waals surface area (Å²) in [6.07, 6.45) is 4.85. The molecule has 11 heteroatoms. The molecule has 1 aliphatic carbocycles. The third-order valence-corrected chi connectivity index (χ3v) is 9.98. The standard InChI is InChI=1S/C24H28Cl2N2O5S2/c1-2-33-24(30)21-18-7-3-4-8-20(18)34-23(21)27-22(29)15-6-5-11-28(13-15)35(31,32)14-16-9-10-17(25)12-19(16)26/h9-10,12,15H,2-8,11,13-14H2,1H3,(H,27,29)/t15-/m1/s1. The average Bonchev–Trinajstić information content (AvgIpc) is 3.19. The lowest BCUT2D eigenvalue weighted by atomic mass is 9.95. The lowest BCUT2D eigenvalue weighted by Gasteiger charge is -2.31. The Bertz CT molecular complexity index is 1230. The van der Waals surface area contributed by atoms with Crippen LogP contribution in [-0.4, -0.2) is 44.3 Å². The molecule has 1 aromatic heterocycles. The van der Waals surface area contributed by atoms with E-state index in [9.17, 15) is 18.0 Å². The fraction of sp³-hybridized carbons (Fsp3) is 0.500. The Hall–Kier alpha value is -1.65. The second-order valence-electron chi connectivity index (χ2n) is 8.81. The zero-order valence-corrected chi connectivity index (χ0v) is 22.6. The van der Waals surface area contributed by atoms with E-state index in [1.165, 1.54) is 21.7 Å². The highest BCUT2D eigenvalue weighted by Crippen LogP contribution is 2.39. The zero-order valence-electron chi connectivity index (χ0n) is 19.4. The lowest BCUT2D eigenvalue weighted by molar-refractivity contribution is -0.120. The molecule has 0 saturated carbocycles. The molecular formula is C24H28Cl2N2O5S2. The van der Waals surface area contributed by atoms with Crippen LogP contribution in [0.15, 0.2) is 18.2 Å². The van der Waals surface area contributed by atoms with Crippen LogP contribution < -0.4 is 5.32 Å². The first-order chi connectivity index (χ1) is 16.7. The second-order valence-corrected chi connectivity index (χ2v) is 12.7. The SMILES string of the molecule is CCOC(=O)c1c(NC(=O)[C@@H]2CCCN(S(=O)(=O)Cc3ccc(Cl)cc3Cl)C2)sc2c1CCCC2. The normalized spacial score (nSPS) is 18.7. The Labute approximate surface area is 219 Å². The minimum atomic E-state index is -3.69. The lowest BCUT2D eigenvalue weighted by Crippen LogP contribution is -2.44. The molecule has 1 aliphatic heterocycles. The largest absolute Gasteiger partial charge is 0.462 e. The maximum atomic E-state index is 13.2. The molecule has 0 unspecified atom stereocenters. The van der Waals surface area contributed by atoms with Crippen LogP contribution in [0, 0.1) is 5.92 Å². The maximum Gasteiger partial charge on any atom is 0.341 e. The van der Waals surface area contributed by atoms with Gasteiger partial charge in [-0.3, -0.25) is 4.79 Å². The van der Waals surface area contributed by atoms with E-state index in [0.29, 0.717) is 45.6 Å². The number of aryl methyl sites for hydroxylation is 1. The van der Waals surface area contributed by atoms with Crippen molar-refractivity contribution in [2.75, 3.05) is 25.0 Å². The van der Waals surface area contributed by atoms with Gasteiger partial charge in [-0.15, -0.1) is 11.3 Å². The minimum absolute atomic E-state index is 0.0825. The summed E-state index contributed by atoms with van der Waals surface area (Å²) in [6, 6.07) is 4.72. The fourth-order valence-corrected chi connectivity index (χ4v) is 8.10. The van der Waals surface area contributed by atoms with Gasteiger partial charge in [0.1, 0.15) is 5.00 Å². The van der Waals surface area contributed by atoms with E-state index in [1.807, 2.05) is 0 Å². The van der Waals surface area contributed by atoms with Gasteiger partial charge in [0.15, 0.2) is 0 Å². The average molecular weight is 560 g/mol. The van der Waals surface area contributed by atoms with E-state index in [4.69, 9.17) is 27.9 Å². The molecule has 0 spiro atoms. The van der Waals surface area contributed by atoms with Gasteiger partial charge in [-0.05, 0) is 68.7 Å². The Balaban J connectivity index is 1.49. The predicted octanol–water partition coefficient (Wildman–Crippen LogP) is 5.29. The number of carbonyl (C=O) groups is 2. The van der Waals surface area contributed by atoms with Gasteiger partial charge in [-0.25, -0.2) is 17.5 Å². The quantitative estimate of drug-likeness (QED) is 0.466. The predicted molar refractivity (Wildman–Crippen MR) is 139 cm³/mol. The molecule has 7 nitrogen and oxygen atoms in total. The number of nitrogens with zero attached hydrogens (tertiary/aromatic N) is 1. The number of hydrogen-bond acceptors (Lipinski definition) is 6. The molecule has 1 saturated heterocycles. The summed E-state index contributed by atoms with van der Waals surface area (Å²) in [7, 11) is -3.69. The van der Waals surface area contributed by atoms with Gasteiger partial charge < -0.3 is 10.1 Å². The van der Waals surface area contributed by atoms with E-state index in [2.05, 4.69) is 5.32 Å². The number of nitrogens with one attached hydrogen (secondary N) is 1. The van der Waals surface area contributed by atoms with Crippen LogP contribution in [-0.2, 0) is 38.1 Å². The highest BCUT2D eigenvalue weighted by Gasteiger charge is 2.34. The first-order valence-electron chi connectivity index (χ1n) is 11.7. The van der Waals surface area contributed by atoms with Gasteiger partial charge in [0.05, 0.1) is 23.8 Å². The number of sulfonamides is 1. The number of hydrogen-bond donors (Lipinski definition) is 1. The monoisotopic (exact) mass is 558 g/mol. The summed E-state index contributed by atoms with van der Waals surface area (Å²) in [5, 5.41) is 4.17. The maximum absolute atomic E-state index is 13.2. The molecule has 2 aromatic rings. The number of thiophene rings is 1. The van der Waals surface area contributed by atoms with Gasteiger partial charge in [0.2, 0.25) is 15.9 Å². The van der Waals surface area contributed by atoms with Crippen molar-refractivity contribution in [2.45, 2.75) is 51.2 Å². The van der Waals surface area contributed by atoms with Crippen LogP contribution >= 0.6 is 34.5 Å². The van der Waals surface area contributed by atoms with E-state index < -0.39 is 21.9 Å². The minimum Gasteiger partial charge on any atom is -0.462 e. The molecule has 0 bridgehead atoms. The van der Waals surface area contributed by atoms with Crippen LogP contribution in [0.3, 0.4) is 0 Å². The number of amides is 1. The van der Waals surface area contributed by atoms with E-state index >= 15 is 0 Å². The zero-order chi connectivity index (χ0) is 25.2. The van der Waals surface area contributed by atoms with Gasteiger partial charge in [-0.2, -0.15) is 0 Å².